The maximum Gasteiger partial charge on any atom is 0.191 e. The van der Waals surface area contributed by atoms with Gasteiger partial charge in [0.25, 0.3) is 0 Å². The van der Waals surface area contributed by atoms with Crippen LogP contribution >= 0.6 is 15.9 Å². The van der Waals surface area contributed by atoms with Gasteiger partial charge in [0.15, 0.2) is 5.96 Å². The number of aromatic nitrogens is 2. The van der Waals surface area contributed by atoms with Crippen LogP contribution in [0.15, 0.2) is 58.3 Å². The molecule has 0 saturated heterocycles. The van der Waals surface area contributed by atoms with Gasteiger partial charge in [0.2, 0.25) is 0 Å². The Bertz CT molecular complexity index is 889. The third-order valence-electron chi connectivity index (χ3n) is 3.99. The van der Waals surface area contributed by atoms with Crippen LogP contribution in [0, 0.1) is 0 Å². The van der Waals surface area contributed by atoms with Crippen LogP contribution < -0.4 is 15.4 Å². The average Bonchev–Trinajstić information content (AvgIpc) is 3.07. The highest BCUT2D eigenvalue weighted by Gasteiger charge is 2.04. The fourth-order valence-electron chi connectivity index (χ4n) is 2.61. The van der Waals surface area contributed by atoms with Gasteiger partial charge in [0, 0.05) is 30.5 Å². The molecule has 0 amide bonds. The molecule has 26 heavy (non-hydrogen) atoms. The summed E-state index contributed by atoms with van der Waals surface area (Å²) in [6.07, 6.45) is 4.92. The number of imidazole rings is 1. The van der Waals surface area contributed by atoms with Gasteiger partial charge >= 0.3 is 0 Å². The number of methoxy groups -OCH3 is 1. The summed E-state index contributed by atoms with van der Waals surface area (Å²) in [6.45, 7) is 1.41. The lowest BCUT2D eigenvalue weighted by Gasteiger charge is -2.11. The van der Waals surface area contributed by atoms with Crippen LogP contribution in [0.4, 0.5) is 0 Å². The fourth-order valence-corrected chi connectivity index (χ4v) is 2.97. The second-order valence-electron chi connectivity index (χ2n) is 5.80. The molecule has 3 aromatic rings. The van der Waals surface area contributed by atoms with E-state index in [-0.39, 0.29) is 0 Å². The molecule has 2 N–H and O–H groups in total. The number of ether oxygens (including phenoxy) is 1. The van der Waals surface area contributed by atoms with Gasteiger partial charge in [-0.1, -0.05) is 12.1 Å². The van der Waals surface area contributed by atoms with Gasteiger partial charge in [-0.2, -0.15) is 0 Å². The minimum absolute atomic E-state index is 0.613. The standard InChI is InChI=1S/C19H22BrN5O/c1-21-19(22-10-9-14-3-6-17(26-2)7-4-14)23-11-16-13-25-12-15(20)5-8-18(25)24-16/h3-8,12-13H,9-11H2,1-2H3,(H2,21,22,23). The molecular formula is C19H22BrN5O. The highest BCUT2D eigenvalue weighted by molar-refractivity contribution is 9.10. The first kappa shape index (κ1) is 18.3. The zero-order valence-electron chi connectivity index (χ0n) is 14.9. The molecule has 3 rings (SSSR count). The largest absolute Gasteiger partial charge is 0.497 e. The summed E-state index contributed by atoms with van der Waals surface area (Å²) in [5.41, 5.74) is 3.13. The van der Waals surface area contributed by atoms with Crippen molar-refractivity contribution in [3.63, 3.8) is 0 Å². The molecule has 0 bridgehead atoms. The van der Waals surface area contributed by atoms with E-state index >= 15 is 0 Å². The highest BCUT2D eigenvalue weighted by atomic mass is 79.9. The maximum absolute atomic E-state index is 5.18. The first-order valence-electron chi connectivity index (χ1n) is 8.38. The number of pyridine rings is 1. The van der Waals surface area contributed by atoms with Crippen molar-refractivity contribution in [2.24, 2.45) is 4.99 Å². The SMILES string of the molecule is CN=C(NCCc1ccc(OC)cc1)NCc1cn2cc(Br)ccc2n1. The van der Waals surface area contributed by atoms with Crippen molar-refractivity contribution < 1.29 is 4.74 Å². The molecule has 2 aromatic heterocycles. The average molecular weight is 416 g/mol. The molecule has 0 radical (unpaired) electrons. The van der Waals surface area contributed by atoms with Crippen molar-refractivity contribution in [2.45, 2.75) is 13.0 Å². The summed E-state index contributed by atoms with van der Waals surface area (Å²) >= 11 is 3.47. The van der Waals surface area contributed by atoms with E-state index in [0.29, 0.717) is 6.54 Å². The van der Waals surface area contributed by atoms with Crippen LogP contribution in [-0.4, -0.2) is 36.0 Å². The number of aliphatic imine (C=N–C) groups is 1. The van der Waals surface area contributed by atoms with Crippen molar-refractivity contribution in [1.29, 1.82) is 0 Å². The molecule has 136 valence electrons. The van der Waals surface area contributed by atoms with E-state index in [4.69, 9.17) is 4.74 Å². The Balaban J connectivity index is 1.49. The Kier molecular flexibility index (Phi) is 6.12. The topological polar surface area (TPSA) is 63.0 Å². The number of guanidine groups is 1. The van der Waals surface area contributed by atoms with Crippen LogP contribution in [0.25, 0.3) is 5.65 Å². The summed E-state index contributed by atoms with van der Waals surface area (Å²) in [4.78, 5) is 8.85. The zero-order valence-corrected chi connectivity index (χ0v) is 16.5. The van der Waals surface area contributed by atoms with Crippen LogP contribution in [0.5, 0.6) is 5.75 Å². The quantitative estimate of drug-likeness (QED) is 0.479. The third kappa shape index (κ3) is 4.76. The van der Waals surface area contributed by atoms with Gasteiger partial charge < -0.3 is 19.8 Å². The van der Waals surface area contributed by atoms with E-state index in [9.17, 15) is 0 Å². The summed E-state index contributed by atoms with van der Waals surface area (Å²) < 4.78 is 8.20. The Hall–Kier alpha value is -2.54. The lowest BCUT2D eigenvalue weighted by atomic mass is 10.1. The number of hydrogen-bond acceptors (Lipinski definition) is 3. The monoisotopic (exact) mass is 415 g/mol. The molecule has 0 atom stereocenters. The number of hydrogen-bond donors (Lipinski definition) is 2. The van der Waals surface area contributed by atoms with Crippen molar-refractivity contribution in [3.05, 3.63) is 64.5 Å². The predicted octanol–water partition coefficient (Wildman–Crippen LogP) is 3.01. The third-order valence-corrected chi connectivity index (χ3v) is 4.46. The first-order chi connectivity index (χ1) is 12.7. The first-order valence-corrected chi connectivity index (χ1v) is 9.18. The van der Waals surface area contributed by atoms with E-state index in [1.54, 1.807) is 14.2 Å². The van der Waals surface area contributed by atoms with Crippen molar-refractivity contribution >= 4 is 27.5 Å². The maximum atomic E-state index is 5.18. The molecule has 0 fully saturated rings. The highest BCUT2D eigenvalue weighted by Crippen LogP contribution is 2.13. The normalized spacial score (nSPS) is 11.6. The van der Waals surface area contributed by atoms with Crippen molar-refractivity contribution in [1.82, 2.24) is 20.0 Å². The Labute approximate surface area is 161 Å². The molecule has 2 heterocycles. The van der Waals surface area contributed by atoms with Crippen LogP contribution in [0.2, 0.25) is 0 Å². The lowest BCUT2D eigenvalue weighted by molar-refractivity contribution is 0.414. The molecule has 0 unspecified atom stereocenters. The molecule has 0 spiro atoms. The van der Waals surface area contributed by atoms with Gasteiger partial charge in [0.1, 0.15) is 11.4 Å². The van der Waals surface area contributed by atoms with E-state index < -0.39 is 0 Å². The molecule has 7 heteroatoms. The zero-order chi connectivity index (χ0) is 18.4. The number of nitrogens with zero attached hydrogens (tertiary/aromatic N) is 3. The summed E-state index contributed by atoms with van der Waals surface area (Å²) in [5, 5.41) is 6.62. The minimum atomic E-state index is 0.613. The molecule has 0 saturated carbocycles. The Morgan fingerprint density at radius 3 is 2.69 bits per heavy atom. The number of rotatable bonds is 6. The second-order valence-corrected chi connectivity index (χ2v) is 6.71. The smallest absolute Gasteiger partial charge is 0.191 e. The van der Waals surface area contributed by atoms with Gasteiger partial charge in [-0.15, -0.1) is 0 Å². The summed E-state index contributed by atoms with van der Waals surface area (Å²) in [7, 11) is 3.44. The van der Waals surface area contributed by atoms with E-state index in [2.05, 4.69) is 48.7 Å². The number of fused-ring (bicyclic) bond motifs is 1. The van der Waals surface area contributed by atoms with E-state index in [0.717, 1.165) is 40.5 Å². The Morgan fingerprint density at radius 1 is 1.15 bits per heavy atom. The Morgan fingerprint density at radius 2 is 1.96 bits per heavy atom. The number of benzene rings is 1. The van der Waals surface area contributed by atoms with Gasteiger partial charge in [0.05, 0.1) is 19.3 Å². The van der Waals surface area contributed by atoms with Crippen LogP contribution in [0.3, 0.4) is 0 Å². The van der Waals surface area contributed by atoms with Gasteiger partial charge in [-0.25, -0.2) is 4.98 Å². The molecule has 1 aromatic carbocycles. The number of halogens is 1. The molecular weight excluding hydrogens is 394 g/mol. The lowest BCUT2D eigenvalue weighted by Crippen LogP contribution is -2.37. The van der Waals surface area contributed by atoms with Gasteiger partial charge in [-0.05, 0) is 52.2 Å². The molecule has 0 aliphatic rings. The van der Waals surface area contributed by atoms with Crippen LogP contribution in [-0.2, 0) is 13.0 Å². The van der Waals surface area contributed by atoms with Crippen molar-refractivity contribution in [2.75, 3.05) is 20.7 Å². The molecule has 0 aliphatic carbocycles. The number of nitrogens with one attached hydrogen (secondary N) is 2. The van der Waals surface area contributed by atoms with Gasteiger partial charge in [-0.3, -0.25) is 4.99 Å². The van der Waals surface area contributed by atoms with E-state index in [1.165, 1.54) is 5.56 Å². The summed E-state index contributed by atoms with van der Waals surface area (Å²) in [5.74, 6) is 1.63. The molecule has 0 aliphatic heterocycles. The fraction of sp³-hybridized carbons (Fsp3) is 0.263. The van der Waals surface area contributed by atoms with Crippen molar-refractivity contribution in [3.8, 4) is 5.75 Å². The summed E-state index contributed by atoms with van der Waals surface area (Å²) in [6, 6.07) is 12.1. The minimum Gasteiger partial charge on any atom is -0.497 e. The molecule has 6 nitrogen and oxygen atoms in total. The van der Waals surface area contributed by atoms with E-state index in [1.807, 2.05) is 41.1 Å². The predicted molar refractivity (Wildman–Crippen MR) is 108 cm³/mol. The second kappa shape index (κ2) is 8.71. The van der Waals surface area contributed by atoms with Crippen LogP contribution in [0.1, 0.15) is 11.3 Å².